The maximum Gasteiger partial charge on any atom is 0.312 e. The first-order chi connectivity index (χ1) is 8.56. The van der Waals surface area contributed by atoms with Gasteiger partial charge in [0, 0.05) is 28.7 Å². The van der Waals surface area contributed by atoms with E-state index in [0.29, 0.717) is 11.3 Å². The van der Waals surface area contributed by atoms with Gasteiger partial charge < -0.3 is 20.6 Å². The number of fused-ring (bicyclic) bond motifs is 1. The number of H-pyrrole nitrogens is 1. The zero-order chi connectivity index (χ0) is 13.3. The van der Waals surface area contributed by atoms with E-state index in [4.69, 9.17) is 10.5 Å². The monoisotopic (exact) mass is 248 g/mol. The zero-order valence-corrected chi connectivity index (χ0v) is 10.4. The number of aromatic amines is 1. The van der Waals surface area contributed by atoms with Gasteiger partial charge in [0.05, 0.1) is 13.0 Å². The predicted octanol–water partition coefficient (Wildman–Crippen LogP) is 1.61. The molecule has 0 aliphatic rings. The fourth-order valence-corrected chi connectivity index (χ4v) is 2.13. The van der Waals surface area contributed by atoms with E-state index in [1.807, 2.05) is 19.1 Å². The second kappa shape index (κ2) is 4.70. The summed E-state index contributed by atoms with van der Waals surface area (Å²) in [7, 11) is 1.53. The number of rotatable bonds is 4. The summed E-state index contributed by atoms with van der Waals surface area (Å²) in [6.07, 6.45) is 0. The standard InChI is InChI=1S/C13H16N2O3/c1-7-3-8-4-12(18-2)9(5-11(8)15-7)10(6-14)13(16)17/h3-5,10,15H,6,14H2,1-2H3,(H,16,17). The Labute approximate surface area is 105 Å². The lowest BCUT2D eigenvalue weighted by atomic mass is 9.97. The fraction of sp³-hybridized carbons (Fsp3) is 0.308. The molecule has 1 aromatic heterocycles. The quantitative estimate of drug-likeness (QED) is 0.767. The molecule has 4 N–H and O–H groups in total. The minimum atomic E-state index is -0.946. The van der Waals surface area contributed by atoms with Gasteiger partial charge >= 0.3 is 5.97 Å². The molecule has 18 heavy (non-hydrogen) atoms. The molecule has 0 saturated carbocycles. The third kappa shape index (κ3) is 2.04. The Morgan fingerprint density at radius 2 is 2.22 bits per heavy atom. The normalized spacial score (nSPS) is 12.6. The van der Waals surface area contributed by atoms with E-state index in [9.17, 15) is 9.90 Å². The van der Waals surface area contributed by atoms with Gasteiger partial charge in [-0.3, -0.25) is 4.79 Å². The first-order valence-electron chi connectivity index (χ1n) is 5.67. The SMILES string of the molecule is COc1cc2cc(C)[nH]c2cc1C(CN)C(=O)O. The summed E-state index contributed by atoms with van der Waals surface area (Å²) in [4.78, 5) is 14.4. The highest BCUT2D eigenvalue weighted by molar-refractivity contribution is 5.86. The van der Waals surface area contributed by atoms with E-state index >= 15 is 0 Å². The molecular weight excluding hydrogens is 232 g/mol. The van der Waals surface area contributed by atoms with E-state index < -0.39 is 11.9 Å². The van der Waals surface area contributed by atoms with Gasteiger partial charge in [-0.25, -0.2) is 0 Å². The van der Waals surface area contributed by atoms with Crippen molar-refractivity contribution in [3.63, 3.8) is 0 Å². The smallest absolute Gasteiger partial charge is 0.312 e. The minimum Gasteiger partial charge on any atom is -0.496 e. The Bertz CT molecular complexity index is 589. The van der Waals surface area contributed by atoms with Gasteiger partial charge in [-0.05, 0) is 25.1 Å². The van der Waals surface area contributed by atoms with E-state index in [1.54, 1.807) is 6.07 Å². The Morgan fingerprint density at radius 1 is 1.50 bits per heavy atom. The number of carboxylic acids is 1. The van der Waals surface area contributed by atoms with Gasteiger partial charge in [0.25, 0.3) is 0 Å². The molecule has 0 amide bonds. The summed E-state index contributed by atoms with van der Waals surface area (Å²) in [5.74, 6) is -1.15. The molecule has 2 aromatic rings. The highest BCUT2D eigenvalue weighted by atomic mass is 16.5. The fourth-order valence-electron chi connectivity index (χ4n) is 2.13. The molecule has 2 rings (SSSR count). The van der Waals surface area contributed by atoms with Crippen molar-refractivity contribution in [2.24, 2.45) is 5.73 Å². The number of aliphatic carboxylic acids is 1. The van der Waals surface area contributed by atoms with Crippen LogP contribution in [-0.2, 0) is 4.79 Å². The van der Waals surface area contributed by atoms with E-state index in [0.717, 1.165) is 16.6 Å². The summed E-state index contributed by atoms with van der Waals surface area (Å²) in [6, 6.07) is 5.62. The van der Waals surface area contributed by atoms with Crippen molar-refractivity contribution in [3.05, 3.63) is 29.5 Å². The number of aromatic nitrogens is 1. The molecule has 0 saturated heterocycles. The number of methoxy groups -OCH3 is 1. The molecule has 0 fully saturated rings. The summed E-state index contributed by atoms with van der Waals surface area (Å²) in [5.41, 5.74) is 8.04. The van der Waals surface area contributed by atoms with Crippen molar-refractivity contribution >= 4 is 16.9 Å². The number of aryl methyl sites for hydroxylation is 1. The molecule has 1 unspecified atom stereocenters. The van der Waals surface area contributed by atoms with Crippen molar-refractivity contribution in [2.75, 3.05) is 13.7 Å². The number of hydrogen-bond donors (Lipinski definition) is 3. The number of benzene rings is 1. The number of nitrogens with two attached hydrogens (primary N) is 1. The highest BCUT2D eigenvalue weighted by Crippen LogP contribution is 2.31. The van der Waals surface area contributed by atoms with Crippen molar-refractivity contribution in [3.8, 4) is 5.75 Å². The minimum absolute atomic E-state index is 0.0386. The van der Waals surface area contributed by atoms with Crippen LogP contribution in [0.1, 0.15) is 17.2 Å². The largest absolute Gasteiger partial charge is 0.496 e. The topological polar surface area (TPSA) is 88.3 Å². The Balaban J connectivity index is 2.63. The van der Waals surface area contributed by atoms with Crippen molar-refractivity contribution < 1.29 is 14.6 Å². The van der Waals surface area contributed by atoms with Gasteiger partial charge in [0.2, 0.25) is 0 Å². The molecule has 0 aliphatic heterocycles. The average molecular weight is 248 g/mol. The van der Waals surface area contributed by atoms with Crippen LogP contribution in [0.3, 0.4) is 0 Å². The molecule has 0 spiro atoms. The summed E-state index contributed by atoms with van der Waals surface area (Å²) in [5, 5.41) is 10.2. The van der Waals surface area contributed by atoms with E-state index in [2.05, 4.69) is 4.98 Å². The van der Waals surface area contributed by atoms with Gasteiger partial charge in [-0.1, -0.05) is 0 Å². The summed E-state index contributed by atoms with van der Waals surface area (Å²) in [6.45, 7) is 1.99. The third-order valence-electron chi connectivity index (χ3n) is 3.01. The summed E-state index contributed by atoms with van der Waals surface area (Å²) >= 11 is 0. The van der Waals surface area contributed by atoms with E-state index in [1.165, 1.54) is 7.11 Å². The molecule has 5 nitrogen and oxygen atoms in total. The maximum absolute atomic E-state index is 11.2. The van der Waals surface area contributed by atoms with Crippen molar-refractivity contribution in [2.45, 2.75) is 12.8 Å². The highest BCUT2D eigenvalue weighted by Gasteiger charge is 2.22. The van der Waals surface area contributed by atoms with Gasteiger partial charge in [-0.15, -0.1) is 0 Å². The van der Waals surface area contributed by atoms with Crippen molar-refractivity contribution in [1.82, 2.24) is 4.98 Å². The molecule has 0 radical (unpaired) electrons. The maximum atomic E-state index is 11.2. The second-order valence-electron chi connectivity index (χ2n) is 4.26. The van der Waals surface area contributed by atoms with Gasteiger partial charge in [-0.2, -0.15) is 0 Å². The molecular formula is C13H16N2O3. The third-order valence-corrected chi connectivity index (χ3v) is 3.01. The molecule has 1 atom stereocenters. The number of ether oxygens (including phenoxy) is 1. The first-order valence-corrected chi connectivity index (χ1v) is 5.67. The molecule has 0 bridgehead atoms. The average Bonchev–Trinajstić information content (AvgIpc) is 2.67. The van der Waals surface area contributed by atoms with Crippen LogP contribution in [0, 0.1) is 6.92 Å². The van der Waals surface area contributed by atoms with Crippen LogP contribution in [0.5, 0.6) is 5.75 Å². The number of nitrogens with one attached hydrogen (secondary N) is 1. The predicted molar refractivity (Wildman–Crippen MR) is 69.0 cm³/mol. The van der Waals surface area contributed by atoms with Crippen LogP contribution in [0.4, 0.5) is 0 Å². The lowest BCUT2D eigenvalue weighted by molar-refractivity contribution is -0.138. The van der Waals surface area contributed by atoms with Crippen molar-refractivity contribution in [1.29, 1.82) is 0 Å². The Morgan fingerprint density at radius 3 is 2.78 bits per heavy atom. The molecule has 96 valence electrons. The first kappa shape index (κ1) is 12.4. The molecule has 5 heteroatoms. The van der Waals surface area contributed by atoms with Gasteiger partial charge in [0.15, 0.2) is 0 Å². The van der Waals surface area contributed by atoms with Crippen LogP contribution >= 0.6 is 0 Å². The zero-order valence-electron chi connectivity index (χ0n) is 10.4. The second-order valence-corrected chi connectivity index (χ2v) is 4.26. The van der Waals surface area contributed by atoms with Gasteiger partial charge in [0.1, 0.15) is 5.75 Å². The molecule has 1 heterocycles. The number of carboxylic acid groups (broad SMARTS) is 1. The van der Waals surface area contributed by atoms with Crippen LogP contribution in [0.25, 0.3) is 10.9 Å². The Kier molecular flexibility index (Phi) is 3.25. The lowest BCUT2D eigenvalue weighted by Crippen LogP contribution is -2.21. The van der Waals surface area contributed by atoms with Crippen LogP contribution in [0.2, 0.25) is 0 Å². The molecule has 0 aliphatic carbocycles. The van der Waals surface area contributed by atoms with Crippen LogP contribution in [-0.4, -0.2) is 29.7 Å². The molecule has 1 aromatic carbocycles. The van der Waals surface area contributed by atoms with E-state index in [-0.39, 0.29) is 6.54 Å². The van der Waals surface area contributed by atoms with Crippen LogP contribution in [0.15, 0.2) is 18.2 Å². The lowest BCUT2D eigenvalue weighted by Gasteiger charge is -2.14. The number of hydrogen-bond acceptors (Lipinski definition) is 3. The summed E-state index contributed by atoms with van der Waals surface area (Å²) < 4.78 is 5.26. The number of carbonyl (C=O) groups is 1. The van der Waals surface area contributed by atoms with Crippen LogP contribution < -0.4 is 10.5 Å². The Hall–Kier alpha value is -2.01.